The average molecular weight is 424 g/mol. The molecule has 0 radical (unpaired) electrons. The molecule has 2 aromatic heterocycles. The number of carbonyl (C=O) groups excluding carboxylic acids is 1. The van der Waals surface area contributed by atoms with Crippen LogP contribution in [0.2, 0.25) is 0 Å². The lowest BCUT2D eigenvalue weighted by molar-refractivity contribution is 0.0781. The van der Waals surface area contributed by atoms with Gasteiger partial charge in [0.15, 0.2) is 0 Å². The lowest BCUT2D eigenvalue weighted by atomic mass is 9.97. The van der Waals surface area contributed by atoms with E-state index in [0.717, 1.165) is 0 Å². The highest BCUT2D eigenvalue weighted by atomic mass is 19.1. The van der Waals surface area contributed by atoms with E-state index in [0.29, 0.717) is 22.3 Å². The predicted molar refractivity (Wildman–Crippen MR) is 111 cm³/mol. The molecular formula is C22H21FN4O4. The standard InChI is InChI=1S/C22H19FN4O4.H2/c1-22(2,29)14-6-5-13(17(23)10-14)12-25-20(28)16-4-3-9-24-21(16)30-15-7-8-18-19(11-15)27-31-26-18;/h3-11,29H,12H2,1-2H3,(H,25,28);1H. The van der Waals surface area contributed by atoms with Gasteiger partial charge in [0.25, 0.3) is 5.91 Å². The van der Waals surface area contributed by atoms with Crippen LogP contribution >= 0.6 is 0 Å². The highest BCUT2D eigenvalue weighted by Gasteiger charge is 2.19. The Labute approximate surface area is 178 Å². The molecule has 4 rings (SSSR count). The molecule has 0 fully saturated rings. The zero-order chi connectivity index (χ0) is 22.0. The van der Waals surface area contributed by atoms with E-state index in [1.165, 1.54) is 18.3 Å². The molecule has 31 heavy (non-hydrogen) atoms. The van der Waals surface area contributed by atoms with Gasteiger partial charge >= 0.3 is 0 Å². The third-order valence-corrected chi connectivity index (χ3v) is 4.65. The summed E-state index contributed by atoms with van der Waals surface area (Å²) in [4.78, 5) is 16.8. The molecule has 0 aliphatic rings. The number of pyridine rings is 1. The van der Waals surface area contributed by atoms with Gasteiger partial charge in [-0.1, -0.05) is 12.1 Å². The Balaban J connectivity index is 0.00000289. The van der Waals surface area contributed by atoms with E-state index < -0.39 is 17.3 Å². The maximum Gasteiger partial charge on any atom is 0.257 e. The van der Waals surface area contributed by atoms with Crippen LogP contribution < -0.4 is 10.1 Å². The minimum Gasteiger partial charge on any atom is -0.438 e. The van der Waals surface area contributed by atoms with E-state index in [2.05, 4.69) is 25.2 Å². The number of halogens is 1. The minimum atomic E-state index is -1.16. The number of hydrogen-bond donors (Lipinski definition) is 2. The summed E-state index contributed by atoms with van der Waals surface area (Å²) >= 11 is 0. The van der Waals surface area contributed by atoms with E-state index in [-0.39, 0.29) is 25.0 Å². The van der Waals surface area contributed by atoms with Gasteiger partial charge in [0.1, 0.15) is 28.2 Å². The molecule has 0 aliphatic carbocycles. The molecule has 160 valence electrons. The molecular weight excluding hydrogens is 403 g/mol. The smallest absolute Gasteiger partial charge is 0.257 e. The normalized spacial score (nSPS) is 11.5. The van der Waals surface area contributed by atoms with Crippen LogP contribution in [0.3, 0.4) is 0 Å². The molecule has 1 amide bonds. The van der Waals surface area contributed by atoms with Crippen LogP contribution in [-0.2, 0) is 12.1 Å². The van der Waals surface area contributed by atoms with Gasteiger partial charge < -0.3 is 15.2 Å². The molecule has 8 nitrogen and oxygen atoms in total. The highest BCUT2D eigenvalue weighted by Crippen LogP contribution is 2.26. The van der Waals surface area contributed by atoms with Gasteiger partial charge in [0.2, 0.25) is 5.88 Å². The summed E-state index contributed by atoms with van der Waals surface area (Å²) in [6.45, 7) is 3.11. The number of ether oxygens (including phenoxy) is 1. The molecule has 0 atom stereocenters. The molecule has 2 aromatic carbocycles. The van der Waals surface area contributed by atoms with Crippen molar-refractivity contribution in [1.82, 2.24) is 20.6 Å². The predicted octanol–water partition coefficient (Wildman–Crippen LogP) is 3.95. The summed E-state index contributed by atoms with van der Waals surface area (Å²) in [6.07, 6.45) is 1.50. The maximum absolute atomic E-state index is 14.4. The van der Waals surface area contributed by atoms with E-state index in [1.54, 1.807) is 50.2 Å². The molecule has 2 heterocycles. The van der Waals surface area contributed by atoms with Gasteiger partial charge in [-0.3, -0.25) is 4.79 Å². The Morgan fingerprint density at radius 2 is 2.00 bits per heavy atom. The molecule has 0 spiro atoms. The first-order chi connectivity index (χ1) is 14.8. The quantitative estimate of drug-likeness (QED) is 0.482. The fraction of sp³-hybridized carbons (Fsp3) is 0.182. The number of nitrogens with one attached hydrogen (secondary N) is 1. The van der Waals surface area contributed by atoms with E-state index in [4.69, 9.17) is 4.74 Å². The third-order valence-electron chi connectivity index (χ3n) is 4.65. The molecule has 0 aliphatic heterocycles. The summed E-state index contributed by atoms with van der Waals surface area (Å²) in [5.74, 6) is -0.492. The number of rotatable bonds is 6. The van der Waals surface area contributed by atoms with Crippen molar-refractivity contribution in [3.63, 3.8) is 0 Å². The number of amides is 1. The zero-order valence-electron chi connectivity index (χ0n) is 16.8. The molecule has 4 aromatic rings. The topological polar surface area (TPSA) is 110 Å². The summed E-state index contributed by atoms with van der Waals surface area (Å²) < 4.78 is 24.8. The van der Waals surface area contributed by atoms with Crippen molar-refractivity contribution in [1.29, 1.82) is 0 Å². The van der Waals surface area contributed by atoms with Crippen LogP contribution in [-0.4, -0.2) is 26.3 Å². The number of nitrogens with zero attached hydrogens (tertiary/aromatic N) is 3. The van der Waals surface area contributed by atoms with Gasteiger partial charge in [0, 0.05) is 25.8 Å². The molecule has 0 saturated heterocycles. The molecule has 0 bridgehead atoms. The van der Waals surface area contributed by atoms with E-state index >= 15 is 0 Å². The van der Waals surface area contributed by atoms with Crippen LogP contribution in [0.5, 0.6) is 11.6 Å². The number of hydrogen-bond acceptors (Lipinski definition) is 7. The largest absolute Gasteiger partial charge is 0.438 e. The maximum atomic E-state index is 14.4. The lowest BCUT2D eigenvalue weighted by Crippen LogP contribution is -2.24. The lowest BCUT2D eigenvalue weighted by Gasteiger charge is -2.18. The second-order valence-corrected chi connectivity index (χ2v) is 7.42. The minimum absolute atomic E-state index is 0. The first-order valence-corrected chi connectivity index (χ1v) is 9.46. The Kier molecular flexibility index (Phi) is 5.35. The summed E-state index contributed by atoms with van der Waals surface area (Å²) in [5, 5.41) is 20.1. The van der Waals surface area contributed by atoms with Crippen LogP contribution in [0.1, 0.15) is 36.8 Å². The van der Waals surface area contributed by atoms with Crippen molar-refractivity contribution >= 4 is 16.9 Å². The Morgan fingerprint density at radius 3 is 2.77 bits per heavy atom. The van der Waals surface area contributed by atoms with Crippen molar-refractivity contribution in [2.75, 3.05) is 0 Å². The van der Waals surface area contributed by atoms with E-state index in [9.17, 15) is 14.3 Å². The SMILES string of the molecule is CC(C)(O)c1ccc(CNC(=O)c2cccnc2Oc2ccc3nonc3c2)c(F)c1.[HH]. The second kappa shape index (κ2) is 8.11. The van der Waals surface area contributed by atoms with Gasteiger partial charge in [-0.25, -0.2) is 14.0 Å². The number of fused-ring (bicyclic) bond motifs is 1. The van der Waals surface area contributed by atoms with Crippen molar-refractivity contribution in [3.8, 4) is 11.6 Å². The summed E-state index contributed by atoms with van der Waals surface area (Å²) in [6, 6.07) is 12.5. The average Bonchev–Trinajstić information content (AvgIpc) is 3.20. The number of benzene rings is 2. The van der Waals surface area contributed by atoms with E-state index in [1.807, 2.05) is 0 Å². The van der Waals surface area contributed by atoms with Crippen molar-refractivity contribution in [3.05, 3.63) is 77.2 Å². The molecule has 9 heteroatoms. The van der Waals surface area contributed by atoms with Gasteiger partial charge in [-0.15, -0.1) is 0 Å². The fourth-order valence-electron chi connectivity index (χ4n) is 2.92. The Morgan fingerprint density at radius 1 is 1.19 bits per heavy atom. The summed E-state index contributed by atoms with van der Waals surface area (Å²) in [5.41, 5.74) is 0.845. The molecule has 0 unspecified atom stereocenters. The van der Waals surface area contributed by atoms with Crippen LogP contribution in [0.15, 0.2) is 59.4 Å². The van der Waals surface area contributed by atoms with Crippen molar-refractivity contribution in [2.45, 2.75) is 26.0 Å². The number of carbonyl (C=O) groups is 1. The van der Waals surface area contributed by atoms with Crippen LogP contribution in [0.25, 0.3) is 11.0 Å². The summed E-state index contributed by atoms with van der Waals surface area (Å²) in [7, 11) is 0. The monoisotopic (exact) mass is 424 g/mol. The van der Waals surface area contributed by atoms with Gasteiger partial charge in [-0.2, -0.15) is 0 Å². The first-order valence-electron chi connectivity index (χ1n) is 9.46. The van der Waals surface area contributed by atoms with Crippen molar-refractivity contribution < 1.29 is 25.1 Å². The Hall–Kier alpha value is -3.85. The molecule has 2 N–H and O–H groups in total. The van der Waals surface area contributed by atoms with Gasteiger partial charge in [-0.05, 0) is 60.1 Å². The fourth-order valence-corrected chi connectivity index (χ4v) is 2.92. The third kappa shape index (κ3) is 4.51. The zero-order valence-corrected chi connectivity index (χ0v) is 16.8. The number of aliphatic hydroxyl groups is 1. The number of aromatic nitrogens is 3. The van der Waals surface area contributed by atoms with Crippen LogP contribution in [0.4, 0.5) is 4.39 Å². The van der Waals surface area contributed by atoms with Crippen molar-refractivity contribution in [2.24, 2.45) is 0 Å². The Bertz CT molecular complexity index is 1260. The van der Waals surface area contributed by atoms with Crippen LogP contribution in [0, 0.1) is 5.82 Å². The molecule has 0 saturated carbocycles. The first kappa shape index (κ1) is 20.4. The highest BCUT2D eigenvalue weighted by molar-refractivity contribution is 5.96. The van der Waals surface area contributed by atoms with Gasteiger partial charge in [0.05, 0.1) is 5.60 Å². The second-order valence-electron chi connectivity index (χ2n) is 7.42.